The lowest BCUT2D eigenvalue weighted by Gasteiger charge is -2.06. The molecule has 7 heteroatoms. The van der Waals surface area contributed by atoms with Gasteiger partial charge in [-0.2, -0.15) is 5.10 Å². The Balaban J connectivity index is 1.70. The lowest BCUT2D eigenvalue weighted by Crippen LogP contribution is -2.13. The fourth-order valence-corrected chi connectivity index (χ4v) is 2.46. The topological polar surface area (TPSA) is 77.1 Å². The lowest BCUT2D eigenvalue weighted by atomic mass is 10.2. The molecule has 0 unspecified atom stereocenters. The van der Waals surface area contributed by atoms with E-state index in [9.17, 15) is 4.79 Å². The summed E-state index contributed by atoms with van der Waals surface area (Å²) >= 11 is 0. The van der Waals surface area contributed by atoms with Gasteiger partial charge in [0.1, 0.15) is 5.82 Å². The molecule has 0 saturated carbocycles. The first-order chi connectivity index (χ1) is 11.7. The number of fused-ring (bicyclic) bond motifs is 1. The molecule has 0 bridgehead atoms. The first-order valence-corrected chi connectivity index (χ1v) is 7.39. The van der Waals surface area contributed by atoms with Crippen molar-refractivity contribution < 1.29 is 4.79 Å². The van der Waals surface area contributed by atoms with Crippen LogP contribution in [0.15, 0.2) is 61.3 Å². The van der Waals surface area contributed by atoms with Gasteiger partial charge in [0.05, 0.1) is 24.3 Å². The van der Waals surface area contributed by atoms with Crippen LogP contribution in [0.4, 0.5) is 5.82 Å². The average Bonchev–Trinajstić information content (AvgIpc) is 3.22. The van der Waals surface area contributed by atoms with Crippen LogP contribution < -0.4 is 5.32 Å². The molecule has 0 fully saturated rings. The van der Waals surface area contributed by atoms with Crippen LogP contribution in [-0.4, -0.2) is 30.1 Å². The van der Waals surface area contributed by atoms with E-state index < -0.39 is 0 Å². The number of aromatic nitrogens is 5. The molecule has 1 amide bonds. The highest BCUT2D eigenvalue weighted by atomic mass is 16.1. The third-order valence-electron chi connectivity index (χ3n) is 3.67. The number of nitrogens with zero attached hydrogens (tertiary/aromatic N) is 5. The Morgan fingerprint density at radius 3 is 2.62 bits per heavy atom. The molecule has 0 radical (unpaired) electrons. The van der Waals surface area contributed by atoms with E-state index in [1.807, 2.05) is 37.6 Å². The molecular formula is C17H14N6O. The first kappa shape index (κ1) is 14.1. The van der Waals surface area contributed by atoms with Gasteiger partial charge >= 0.3 is 0 Å². The van der Waals surface area contributed by atoms with Crippen LogP contribution in [0.2, 0.25) is 0 Å². The van der Waals surface area contributed by atoms with E-state index in [-0.39, 0.29) is 5.91 Å². The molecule has 0 aliphatic heterocycles. The second-order valence-electron chi connectivity index (χ2n) is 5.37. The Bertz CT molecular complexity index is 1020. The fourth-order valence-electron chi connectivity index (χ4n) is 2.46. The number of aryl methyl sites for hydroxylation is 1. The van der Waals surface area contributed by atoms with Gasteiger partial charge in [-0.15, -0.1) is 0 Å². The Morgan fingerprint density at radius 2 is 1.88 bits per heavy atom. The normalized spacial score (nSPS) is 10.9. The zero-order valence-corrected chi connectivity index (χ0v) is 12.9. The van der Waals surface area contributed by atoms with Gasteiger partial charge in [-0.1, -0.05) is 18.2 Å². The summed E-state index contributed by atoms with van der Waals surface area (Å²) in [5, 5.41) is 7.03. The summed E-state index contributed by atoms with van der Waals surface area (Å²) in [5.41, 5.74) is 2.90. The van der Waals surface area contributed by atoms with Crippen LogP contribution in [0.1, 0.15) is 10.4 Å². The summed E-state index contributed by atoms with van der Waals surface area (Å²) in [5.74, 6) is 0.406. The van der Waals surface area contributed by atoms with Gasteiger partial charge in [-0.25, -0.2) is 4.98 Å². The monoisotopic (exact) mass is 318 g/mol. The maximum Gasteiger partial charge on any atom is 0.256 e. The Hall–Kier alpha value is -3.48. The SMILES string of the molecule is Cn1cc(-c2cn3c(NC(=O)c4ccccc4)cnc3cn2)cn1. The molecule has 0 spiro atoms. The largest absolute Gasteiger partial charge is 0.306 e. The summed E-state index contributed by atoms with van der Waals surface area (Å²) in [7, 11) is 1.85. The number of imidazole rings is 1. The molecule has 1 N–H and O–H groups in total. The molecule has 0 aliphatic carbocycles. The maximum absolute atomic E-state index is 12.3. The zero-order valence-electron chi connectivity index (χ0n) is 12.9. The Kier molecular flexibility index (Phi) is 3.31. The van der Waals surface area contributed by atoms with Gasteiger partial charge in [0.2, 0.25) is 0 Å². The van der Waals surface area contributed by atoms with E-state index in [0.29, 0.717) is 17.0 Å². The number of hydrogen-bond donors (Lipinski definition) is 1. The van der Waals surface area contributed by atoms with Gasteiger partial charge in [-0.05, 0) is 12.1 Å². The molecule has 0 saturated heterocycles. The van der Waals surface area contributed by atoms with Crippen LogP contribution >= 0.6 is 0 Å². The van der Waals surface area contributed by atoms with E-state index in [0.717, 1.165) is 11.3 Å². The molecule has 3 heterocycles. The van der Waals surface area contributed by atoms with Crippen LogP contribution in [0.25, 0.3) is 16.9 Å². The first-order valence-electron chi connectivity index (χ1n) is 7.39. The maximum atomic E-state index is 12.3. The highest BCUT2D eigenvalue weighted by molar-refractivity contribution is 6.03. The quantitative estimate of drug-likeness (QED) is 0.629. The minimum atomic E-state index is -0.183. The highest BCUT2D eigenvalue weighted by Gasteiger charge is 2.11. The number of nitrogens with one attached hydrogen (secondary N) is 1. The third kappa shape index (κ3) is 2.52. The van der Waals surface area contributed by atoms with E-state index in [4.69, 9.17) is 0 Å². The Morgan fingerprint density at radius 1 is 1.04 bits per heavy atom. The third-order valence-corrected chi connectivity index (χ3v) is 3.67. The number of amides is 1. The number of anilines is 1. The van der Waals surface area contributed by atoms with Crippen molar-refractivity contribution >= 4 is 17.4 Å². The van der Waals surface area contributed by atoms with Crippen molar-refractivity contribution in [1.82, 2.24) is 24.1 Å². The number of rotatable bonds is 3. The number of hydrogen-bond acceptors (Lipinski definition) is 4. The summed E-state index contributed by atoms with van der Waals surface area (Å²) in [6, 6.07) is 9.06. The number of carbonyl (C=O) groups excluding carboxylic acids is 1. The predicted molar refractivity (Wildman–Crippen MR) is 89.6 cm³/mol. The van der Waals surface area contributed by atoms with Crippen molar-refractivity contribution in [2.75, 3.05) is 5.32 Å². The van der Waals surface area contributed by atoms with Crippen molar-refractivity contribution in [1.29, 1.82) is 0 Å². The second kappa shape index (κ2) is 5.62. The molecule has 0 aliphatic rings. The van der Waals surface area contributed by atoms with Crippen LogP contribution in [-0.2, 0) is 7.05 Å². The van der Waals surface area contributed by atoms with E-state index in [1.54, 1.807) is 39.8 Å². The smallest absolute Gasteiger partial charge is 0.256 e. The predicted octanol–water partition coefficient (Wildman–Crippen LogP) is 2.38. The van der Waals surface area contributed by atoms with Crippen LogP contribution in [0, 0.1) is 0 Å². The highest BCUT2D eigenvalue weighted by Crippen LogP contribution is 2.19. The van der Waals surface area contributed by atoms with Gasteiger partial charge in [0.15, 0.2) is 5.65 Å². The van der Waals surface area contributed by atoms with E-state index >= 15 is 0 Å². The molecule has 24 heavy (non-hydrogen) atoms. The molecule has 3 aromatic heterocycles. The van der Waals surface area contributed by atoms with Crippen LogP contribution in [0.5, 0.6) is 0 Å². The lowest BCUT2D eigenvalue weighted by molar-refractivity contribution is 0.102. The molecule has 0 atom stereocenters. The van der Waals surface area contributed by atoms with Gasteiger partial charge < -0.3 is 5.32 Å². The van der Waals surface area contributed by atoms with Crippen LogP contribution in [0.3, 0.4) is 0 Å². The number of carbonyl (C=O) groups is 1. The standard InChI is InChI=1S/C17H14N6O/c1-22-10-13(7-20-22)14-11-23-15(8-18-14)19-9-16(23)21-17(24)12-5-3-2-4-6-12/h2-11H,1H3,(H,21,24). The summed E-state index contributed by atoms with van der Waals surface area (Å²) in [4.78, 5) is 21.0. The molecule has 4 aromatic rings. The minimum Gasteiger partial charge on any atom is -0.306 e. The molecule has 4 rings (SSSR count). The summed E-state index contributed by atoms with van der Waals surface area (Å²) in [6.07, 6.45) is 8.74. The molecule has 1 aromatic carbocycles. The number of benzene rings is 1. The van der Waals surface area contributed by atoms with Gasteiger partial charge in [0, 0.05) is 30.6 Å². The summed E-state index contributed by atoms with van der Waals surface area (Å²) < 4.78 is 3.52. The summed E-state index contributed by atoms with van der Waals surface area (Å²) in [6.45, 7) is 0. The average molecular weight is 318 g/mol. The zero-order chi connectivity index (χ0) is 16.5. The molecular weight excluding hydrogens is 304 g/mol. The van der Waals surface area contributed by atoms with Gasteiger partial charge in [-0.3, -0.25) is 18.9 Å². The van der Waals surface area contributed by atoms with Crippen molar-refractivity contribution in [2.24, 2.45) is 7.05 Å². The minimum absolute atomic E-state index is 0.183. The second-order valence-corrected chi connectivity index (χ2v) is 5.37. The van der Waals surface area contributed by atoms with Crippen molar-refractivity contribution in [3.05, 3.63) is 66.9 Å². The Labute approximate surface area is 137 Å². The fraction of sp³-hybridized carbons (Fsp3) is 0.0588. The van der Waals surface area contributed by atoms with Crippen molar-refractivity contribution in [3.63, 3.8) is 0 Å². The molecule has 7 nitrogen and oxygen atoms in total. The van der Waals surface area contributed by atoms with Crippen molar-refractivity contribution in [2.45, 2.75) is 0 Å². The van der Waals surface area contributed by atoms with E-state index in [2.05, 4.69) is 20.4 Å². The molecule has 118 valence electrons. The van der Waals surface area contributed by atoms with Crippen molar-refractivity contribution in [3.8, 4) is 11.3 Å². The van der Waals surface area contributed by atoms with E-state index in [1.165, 1.54) is 0 Å². The van der Waals surface area contributed by atoms with Gasteiger partial charge in [0.25, 0.3) is 5.91 Å².